The SMILES string of the molecule is COc1ccccc1CN1C(=O)N[C@](C)(c2ccc(F)c(F)c2)C1=O. The van der Waals surface area contributed by atoms with Crippen LogP contribution in [0.5, 0.6) is 5.75 Å². The monoisotopic (exact) mass is 346 g/mol. The first-order valence-corrected chi connectivity index (χ1v) is 7.58. The number of urea groups is 1. The number of para-hydroxylation sites is 1. The molecule has 0 aliphatic carbocycles. The second kappa shape index (κ2) is 6.16. The number of nitrogens with one attached hydrogen (secondary N) is 1. The van der Waals surface area contributed by atoms with E-state index < -0.39 is 29.1 Å². The van der Waals surface area contributed by atoms with Gasteiger partial charge in [0.1, 0.15) is 11.3 Å². The highest BCUT2D eigenvalue weighted by Crippen LogP contribution is 2.31. The number of nitrogens with zero attached hydrogens (tertiary/aromatic N) is 1. The van der Waals surface area contributed by atoms with Gasteiger partial charge in [-0.15, -0.1) is 0 Å². The zero-order valence-electron chi connectivity index (χ0n) is 13.7. The molecule has 1 saturated heterocycles. The van der Waals surface area contributed by atoms with Gasteiger partial charge >= 0.3 is 6.03 Å². The third-order valence-electron chi connectivity index (χ3n) is 4.29. The molecule has 7 heteroatoms. The van der Waals surface area contributed by atoms with Crippen LogP contribution in [-0.2, 0) is 16.9 Å². The first-order valence-electron chi connectivity index (χ1n) is 7.58. The van der Waals surface area contributed by atoms with Gasteiger partial charge in [-0.25, -0.2) is 13.6 Å². The van der Waals surface area contributed by atoms with E-state index in [1.807, 2.05) is 0 Å². The van der Waals surface area contributed by atoms with E-state index in [0.717, 1.165) is 17.0 Å². The Morgan fingerprint density at radius 2 is 1.84 bits per heavy atom. The molecule has 3 amide bonds. The maximum Gasteiger partial charge on any atom is 0.325 e. The molecule has 0 saturated carbocycles. The maximum absolute atomic E-state index is 13.5. The Morgan fingerprint density at radius 3 is 2.52 bits per heavy atom. The summed E-state index contributed by atoms with van der Waals surface area (Å²) in [6.45, 7) is 1.47. The molecule has 1 N–H and O–H groups in total. The van der Waals surface area contributed by atoms with E-state index in [4.69, 9.17) is 4.74 Å². The molecular weight excluding hydrogens is 330 g/mol. The second-order valence-electron chi connectivity index (χ2n) is 5.89. The molecule has 0 spiro atoms. The topological polar surface area (TPSA) is 58.6 Å². The van der Waals surface area contributed by atoms with Gasteiger partial charge in [0.05, 0.1) is 13.7 Å². The lowest BCUT2D eigenvalue weighted by Gasteiger charge is -2.22. The van der Waals surface area contributed by atoms with Crippen LogP contribution >= 0.6 is 0 Å². The molecule has 25 heavy (non-hydrogen) atoms. The fraction of sp³-hybridized carbons (Fsp3) is 0.222. The minimum atomic E-state index is -1.46. The first kappa shape index (κ1) is 16.9. The van der Waals surface area contributed by atoms with E-state index in [-0.39, 0.29) is 12.1 Å². The highest BCUT2D eigenvalue weighted by Gasteiger charge is 2.49. The van der Waals surface area contributed by atoms with Crippen molar-refractivity contribution in [2.24, 2.45) is 0 Å². The number of hydrogen-bond acceptors (Lipinski definition) is 3. The number of amides is 3. The minimum Gasteiger partial charge on any atom is -0.496 e. The molecule has 1 fully saturated rings. The molecule has 0 radical (unpaired) electrons. The Labute approximate surface area is 143 Å². The summed E-state index contributed by atoms with van der Waals surface area (Å²) < 4.78 is 31.9. The molecule has 1 aliphatic rings. The number of imide groups is 1. The largest absolute Gasteiger partial charge is 0.496 e. The van der Waals surface area contributed by atoms with E-state index in [9.17, 15) is 18.4 Å². The van der Waals surface area contributed by atoms with Gasteiger partial charge < -0.3 is 10.1 Å². The highest BCUT2D eigenvalue weighted by molar-refractivity contribution is 6.07. The summed E-state index contributed by atoms with van der Waals surface area (Å²) in [6.07, 6.45) is 0. The Morgan fingerprint density at radius 1 is 1.12 bits per heavy atom. The molecule has 2 aromatic rings. The van der Waals surface area contributed by atoms with Crippen molar-refractivity contribution in [1.82, 2.24) is 10.2 Å². The zero-order valence-corrected chi connectivity index (χ0v) is 13.7. The number of carbonyl (C=O) groups excluding carboxylic acids is 2. The fourth-order valence-electron chi connectivity index (χ4n) is 2.85. The summed E-state index contributed by atoms with van der Waals surface area (Å²) in [7, 11) is 1.50. The van der Waals surface area contributed by atoms with Gasteiger partial charge in [0.2, 0.25) is 0 Å². The normalized spacial score (nSPS) is 19.9. The van der Waals surface area contributed by atoms with E-state index in [1.165, 1.54) is 20.1 Å². The van der Waals surface area contributed by atoms with Gasteiger partial charge in [-0.05, 0) is 30.7 Å². The van der Waals surface area contributed by atoms with Crippen LogP contribution in [0.25, 0.3) is 0 Å². The number of ether oxygens (including phenoxy) is 1. The summed E-state index contributed by atoms with van der Waals surface area (Å²) in [5.41, 5.74) is -0.636. The standard InChI is InChI=1S/C18H16F2N2O3/c1-18(12-7-8-13(19)14(20)9-12)16(23)22(17(24)21-18)10-11-5-3-4-6-15(11)25-2/h3-9H,10H2,1-2H3,(H,21,24)/t18-/m1/s1. The van der Waals surface area contributed by atoms with Crippen molar-refractivity contribution in [3.8, 4) is 5.75 Å². The number of rotatable bonds is 4. The molecule has 3 rings (SSSR count). The lowest BCUT2D eigenvalue weighted by Crippen LogP contribution is -2.41. The predicted octanol–water partition coefficient (Wildman–Crippen LogP) is 2.94. The van der Waals surface area contributed by atoms with E-state index in [1.54, 1.807) is 24.3 Å². The van der Waals surface area contributed by atoms with Crippen LogP contribution in [0.3, 0.4) is 0 Å². The van der Waals surface area contributed by atoms with Crippen LogP contribution in [0, 0.1) is 11.6 Å². The average Bonchev–Trinajstić information content (AvgIpc) is 2.82. The van der Waals surface area contributed by atoms with Crippen LogP contribution < -0.4 is 10.1 Å². The van der Waals surface area contributed by atoms with Gasteiger partial charge in [0.15, 0.2) is 11.6 Å². The summed E-state index contributed by atoms with van der Waals surface area (Å²) in [6, 6.07) is 9.53. The van der Waals surface area contributed by atoms with Crippen molar-refractivity contribution < 1.29 is 23.1 Å². The van der Waals surface area contributed by atoms with Gasteiger partial charge in [0.25, 0.3) is 5.91 Å². The van der Waals surface area contributed by atoms with Crippen molar-refractivity contribution in [3.63, 3.8) is 0 Å². The smallest absolute Gasteiger partial charge is 0.325 e. The van der Waals surface area contributed by atoms with Gasteiger partial charge in [0, 0.05) is 5.56 Å². The Balaban J connectivity index is 1.93. The maximum atomic E-state index is 13.5. The molecule has 0 unspecified atom stereocenters. The molecule has 0 aromatic heterocycles. The molecule has 5 nitrogen and oxygen atoms in total. The van der Waals surface area contributed by atoms with Crippen LogP contribution in [0.15, 0.2) is 42.5 Å². The Bertz CT molecular complexity index is 856. The Hall–Kier alpha value is -2.96. The van der Waals surface area contributed by atoms with E-state index in [0.29, 0.717) is 11.3 Å². The molecule has 1 atom stereocenters. The second-order valence-corrected chi connectivity index (χ2v) is 5.89. The van der Waals surface area contributed by atoms with E-state index >= 15 is 0 Å². The highest BCUT2D eigenvalue weighted by atomic mass is 19.2. The average molecular weight is 346 g/mol. The van der Waals surface area contributed by atoms with Gasteiger partial charge in [-0.1, -0.05) is 24.3 Å². The number of hydrogen-bond donors (Lipinski definition) is 1. The van der Waals surface area contributed by atoms with Gasteiger partial charge in [-0.3, -0.25) is 9.69 Å². The summed E-state index contributed by atoms with van der Waals surface area (Å²) >= 11 is 0. The lowest BCUT2D eigenvalue weighted by atomic mass is 9.92. The first-order chi connectivity index (χ1) is 11.9. The van der Waals surface area contributed by atoms with Crippen molar-refractivity contribution >= 4 is 11.9 Å². The van der Waals surface area contributed by atoms with Crippen molar-refractivity contribution in [2.75, 3.05) is 7.11 Å². The van der Waals surface area contributed by atoms with Crippen LogP contribution in [0.4, 0.5) is 13.6 Å². The number of methoxy groups -OCH3 is 1. The quantitative estimate of drug-likeness (QED) is 0.866. The van der Waals surface area contributed by atoms with E-state index in [2.05, 4.69) is 5.32 Å². The minimum absolute atomic E-state index is 0.00788. The molecule has 1 aliphatic heterocycles. The molecule has 2 aromatic carbocycles. The number of carbonyl (C=O) groups is 2. The van der Waals surface area contributed by atoms with Crippen molar-refractivity contribution in [3.05, 3.63) is 65.2 Å². The summed E-state index contributed by atoms with van der Waals surface area (Å²) in [5.74, 6) is -2.10. The molecule has 1 heterocycles. The number of halogens is 2. The van der Waals surface area contributed by atoms with Crippen molar-refractivity contribution in [2.45, 2.75) is 19.0 Å². The van der Waals surface area contributed by atoms with Crippen LogP contribution in [-0.4, -0.2) is 23.9 Å². The third kappa shape index (κ3) is 2.82. The molecular formula is C18H16F2N2O3. The summed E-state index contributed by atoms with van der Waals surface area (Å²) in [4.78, 5) is 26.2. The molecule has 0 bridgehead atoms. The van der Waals surface area contributed by atoms with Crippen LogP contribution in [0.1, 0.15) is 18.1 Å². The van der Waals surface area contributed by atoms with Crippen molar-refractivity contribution in [1.29, 1.82) is 0 Å². The lowest BCUT2D eigenvalue weighted by molar-refractivity contribution is -0.131. The molecule has 130 valence electrons. The number of benzene rings is 2. The third-order valence-corrected chi connectivity index (χ3v) is 4.29. The van der Waals surface area contributed by atoms with Crippen LogP contribution in [0.2, 0.25) is 0 Å². The Kier molecular flexibility index (Phi) is 4.16. The zero-order chi connectivity index (χ0) is 18.2. The van der Waals surface area contributed by atoms with Gasteiger partial charge in [-0.2, -0.15) is 0 Å². The predicted molar refractivity (Wildman–Crippen MR) is 85.8 cm³/mol. The summed E-state index contributed by atoms with van der Waals surface area (Å²) in [5, 5.41) is 2.56. The fourth-order valence-corrected chi connectivity index (χ4v) is 2.85.